The van der Waals surface area contributed by atoms with E-state index < -0.39 is 0 Å². The predicted octanol–water partition coefficient (Wildman–Crippen LogP) is 6.04. The Morgan fingerprint density at radius 1 is 1.09 bits per heavy atom. The van der Waals surface area contributed by atoms with Crippen LogP contribution in [0.25, 0.3) is 0 Å². The first-order chi connectivity index (χ1) is 15.9. The fourth-order valence-electron chi connectivity index (χ4n) is 3.65. The standard InChI is InChI=1S/C26H32BrN3O2S/c1-4-5-14-29(25(31)19-30(20(2)3)26(32)24-9-7-16-33-24)18-23-8-6-15-28(23)17-21-10-12-22(27)13-11-21/h6-13,15-16,20H,4-5,14,17-19H2,1-3H3. The number of halogens is 1. The Bertz CT molecular complexity index is 1030. The van der Waals surface area contributed by atoms with Crippen LogP contribution >= 0.6 is 27.3 Å². The van der Waals surface area contributed by atoms with E-state index in [2.05, 4.69) is 51.8 Å². The van der Waals surface area contributed by atoms with Gasteiger partial charge in [-0.25, -0.2) is 0 Å². The van der Waals surface area contributed by atoms with E-state index >= 15 is 0 Å². The second-order valence-electron chi connectivity index (χ2n) is 8.43. The molecular formula is C26H32BrN3O2S. The van der Waals surface area contributed by atoms with Crippen LogP contribution in [0.3, 0.4) is 0 Å². The molecule has 2 heterocycles. The van der Waals surface area contributed by atoms with Crippen LogP contribution in [0.2, 0.25) is 0 Å². The van der Waals surface area contributed by atoms with Gasteiger partial charge in [0.05, 0.1) is 11.4 Å². The van der Waals surface area contributed by atoms with E-state index in [0.717, 1.165) is 29.6 Å². The molecule has 0 aliphatic rings. The molecule has 33 heavy (non-hydrogen) atoms. The molecule has 0 bridgehead atoms. The van der Waals surface area contributed by atoms with Crippen molar-refractivity contribution in [3.05, 3.63) is 80.7 Å². The lowest BCUT2D eigenvalue weighted by Gasteiger charge is -2.30. The average Bonchev–Trinajstić information content (AvgIpc) is 3.48. The smallest absolute Gasteiger partial charge is 0.264 e. The maximum absolute atomic E-state index is 13.4. The summed E-state index contributed by atoms with van der Waals surface area (Å²) in [6.07, 6.45) is 3.99. The Morgan fingerprint density at radius 2 is 1.85 bits per heavy atom. The van der Waals surface area contributed by atoms with Gasteiger partial charge in [-0.1, -0.05) is 47.5 Å². The molecular weight excluding hydrogens is 498 g/mol. The van der Waals surface area contributed by atoms with Gasteiger partial charge in [0.1, 0.15) is 6.54 Å². The number of carbonyl (C=O) groups excluding carboxylic acids is 2. The van der Waals surface area contributed by atoms with Crippen LogP contribution in [0.1, 0.15) is 54.5 Å². The number of hydrogen-bond acceptors (Lipinski definition) is 3. The lowest BCUT2D eigenvalue weighted by molar-refractivity contribution is -0.133. The molecule has 0 fully saturated rings. The van der Waals surface area contributed by atoms with Gasteiger partial charge in [-0.15, -0.1) is 11.3 Å². The van der Waals surface area contributed by atoms with Gasteiger partial charge in [-0.2, -0.15) is 0 Å². The first kappa shape index (κ1) is 25.2. The highest BCUT2D eigenvalue weighted by Crippen LogP contribution is 2.17. The SMILES string of the molecule is CCCCN(Cc1cccn1Cc1ccc(Br)cc1)C(=O)CN(C(=O)c1cccs1)C(C)C. The van der Waals surface area contributed by atoms with Crippen molar-refractivity contribution in [1.82, 2.24) is 14.4 Å². The Morgan fingerprint density at radius 3 is 2.48 bits per heavy atom. The van der Waals surface area contributed by atoms with Crippen LogP contribution in [-0.2, 0) is 17.9 Å². The van der Waals surface area contributed by atoms with Gasteiger partial charge in [0, 0.05) is 35.5 Å². The van der Waals surface area contributed by atoms with E-state index in [1.54, 1.807) is 4.90 Å². The molecule has 3 aromatic rings. The molecule has 3 rings (SSSR count). The molecule has 5 nitrogen and oxygen atoms in total. The highest BCUT2D eigenvalue weighted by molar-refractivity contribution is 9.10. The summed E-state index contributed by atoms with van der Waals surface area (Å²) >= 11 is 4.90. The molecule has 2 amide bonds. The molecule has 0 radical (unpaired) electrons. The van der Waals surface area contributed by atoms with Crippen LogP contribution in [0.4, 0.5) is 0 Å². The first-order valence-corrected chi connectivity index (χ1v) is 13.1. The summed E-state index contributed by atoms with van der Waals surface area (Å²) in [4.78, 5) is 30.6. The zero-order valence-electron chi connectivity index (χ0n) is 19.5. The van der Waals surface area contributed by atoms with E-state index in [4.69, 9.17) is 0 Å². The van der Waals surface area contributed by atoms with Crippen molar-refractivity contribution in [2.75, 3.05) is 13.1 Å². The number of unbranched alkanes of at least 4 members (excludes halogenated alkanes) is 1. The molecule has 0 aliphatic carbocycles. The van der Waals surface area contributed by atoms with Crippen molar-refractivity contribution in [3.63, 3.8) is 0 Å². The topological polar surface area (TPSA) is 45.6 Å². The van der Waals surface area contributed by atoms with E-state index in [-0.39, 0.29) is 24.4 Å². The molecule has 0 spiro atoms. The number of carbonyl (C=O) groups is 2. The number of nitrogens with zero attached hydrogens (tertiary/aromatic N) is 3. The van der Waals surface area contributed by atoms with Crippen LogP contribution in [0.15, 0.2) is 64.6 Å². The molecule has 0 saturated heterocycles. The number of aromatic nitrogens is 1. The molecule has 7 heteroatoms. The lowest BCUT2D eigenvalue weighted by Crippen LogP contribution is -2.46. The summed E-state index contributed by atoms with van der Waals surface area (Å²) in [7, 11) is 0. The molecule has 0 saturated carbocycles. The van der Waals surface area contributed by atoms with Crippen LogP contribution in [0.5, 0.6) is 0 Å². The maximum Gasteiger partial charge on any atom is 0.264 e. The normalized spacial score (nSPS) is 11.1. The summed E-state index contributed by atoms with van der Waals surface area (Å²) in [6.45, 7) is 8.09. The van der Waals surface area contributed by atoms with Crippen molar-refractivity contribution < 1.29 is 9.59 Å². The fourth-order valence-corrected chi connectivity index (χ4v) is 4.59. The summed E-state index contributed by atoms with van der Waals surface area (Å²) in [5.41, 5.74) is 2.29. The minimum absolute atomic E-state index is 0.0153. The van der Waals surface area contributed by atoms with Gasteiger partial charge in [0.25, 0.3) is 5.91 Å². The van der Waals surface area contributed by atoms with Crippen LogP contribution in [0, 0.1) is 0 Å². The Balaban J connectivity index is 1.74. The van der Waals surface area contributed by atoms with Gasteiger partial charge < -0.3 is 14.4 Å². The van der Waals surface area contributed by atoms with Gasteiger partial charge in [0.15, 0.2) is 0 Å². The maximum atomic E-state index is 13.4. The quantitative estimate of drug-likeness (QED) is 0.304. The molecule has 0 atom stereocenters. The predicted molar refractivity (Wildman–Crippen MR) is 138 cm³/mol. The lowest BCUT2D eigenvalue weighted by atomic mass is 10.2. The minimum Gasteiger partial charge on any atom is -0.345 e. The van der Waals surface area contributed by atoms with Crippen LogP contribution < -0.4 is 0 Å². The molecule has 1 aromatic carbocycles. The van der Waals surface area contributed by atoms with Gasteiger partial charge in [-0.05, 0) is 61.5 Å². The molecule has 0 N–H and O–H groups in total. The van der Waals surface area contributed by atoms with Crippen LogP contribution in [-0.4, -0.2) is 45.3 Å². The van der Waals surface area contributed by atoms with Crippen molar-refractivity contribution in [1.29, 1.82) is 0 Å². The largest absolute Gasteiger partial charge is 0.345 e. The zero-order valence-corrected chi connectivity index (χ0v) is 21.9. The summed E-state index contributed by atoms with van der Waals surface area (Å²) in [5, 5.41) is 1.89. The Hall–Kier alpha value is -2.38. The number of hydrogen-bond donors (Lipinski definition) is 0. The average molecular weight is 531 g/mol. The summed E-state index contributed by atoms with van der Waals surface area (Å²) in [6, 6.07) is 16.0. The van der Waals surface area contributed by atoms with E-state index in [0.29, 0.717) is 18.0 Å². The monoisotopic (exact) mass is 529 g/mol. The second-order valence-corrected chi connectivity index (χ2v) is 10.3. The molecule has 2 aromatic heterocycles. The van der Waals surface area contributed by atoms with Gasteiger partial charge >= 0.3 is 0 Å². The summed E-state index contributed by atoms with van der Waals surface area (Å²) < 4.78 is 3.24. The van der Waals surface area contributed by atoms with E-state index in [1.165, 1.54) is 16.9 Å². The van der Waals surface area contributed by atoms with Crippen molar-refractivity contribution >= 4 is 39.1 Å². The first-order valence-electron chi connectivity index (χ1n) is 11.4. The fraction of sp³-hybridized carbons (Fsp3) is 0.385. The molecule has 0 aliphatic heterocycles. The Labute approximate surface area is 209 Å². The number of benzene rings is 1. The third-order valence-electron chi connectivity index (χ3n) is 5.60. The second kappa shape index (κ2) is 12.2. The number of amides is 2. The van der Waals surface area contributed by atoms with E-state index in [9.17, 15) is 9.59 Å². The van der Waals surface area contributed by atoms with Crippen molar-refractivity contribution in [3.8, 4) is 0 Å². The van der Waals surface area contributed by atoms with Crippen molar-refractivity contribution in [2.24, 2.45) is 0 Å². The number of rotatable bonds is 11. The minimum atomic E-state index is -0.0811. The third-order valence-corrected chi connectivity index (χ3v) is 6.99. The zero-order chi connectivity index (χ0) is 23.8. The van der Waals surface area contributed by atoms with Gasteiger partial charge in [-0.3, -0.25) is 9.59 Å². The molecule has 176 valence electrons. The Kier molecular flexibility index (Phi) is 9.32. The van der Waals surface area contributed by atoms with Crippen molar-refractivity contribution in [2.45, 2.75) is 52.7 Å². The highest BCUT2D eigenvalue weighted by atomic mass is 79.9. The van der Waals surface area contributed by atoms with Gasteiger partial charge in [0.2, 0.25) is 5.91 Å². The third kappa shape index (κ3) is 7.05. The summed E-state index contributed by atoms with van der Waals surface area (Å²) in [5.74, 6) is -0.0964. The molecule has 0 unspecified atom stereocenters. The van der Waals surface area contributed by atoms with E-state index in [1.807, 2.05) is 54.5 Å². The highest BCUT2D eigenvalue weighted by Gasteiger charge is 2.25. The number of thiophene rings is 1.